The summed E-state index contributed by atoms with van der Waals surface area (Å²) in [7, 11) is 3.49. The quantitative estimate of drug-likeness (QED) is 0.737. The van der Waals surface area contributed by atoms with Gasteiger partial charge in [0, 0.05) is 33.7 Å². The second kappa shape index (κ2) is 5.22. The van der Waals surface area contributed by atoms with Gasteiger partial charge in [0.1, 0.15) is 11.1 Å². The number of anilines is 2. The van der Waals surface area contributed by atoms with E-state index in [0.717, 1.165) is 18.5 Å². The molecule has 1 fully saturated rings. The van der Waals surface area contributed by atoms with Gasteiger partial charge in [0.05, 0.1) is 12.9 Å². The number of aromatic nitrogens is 4. The van der Waals surface area contributed by atoms with Crippen LogP contribution in [0.1, 0.15) is 6.42 Å². The molecule has 108 valence electrons. The van der Waals surface area contributed by atoms with Crippen LogP contribution in [0.2, 0.25) is 0 Å². The number of nitrogens with one attached hydrogen (secondary N) is 3. The first kappa shape index (κ1) is 13.1. The van der Waals surface area contributed by atoms with Crippen molar-refractivity contribution >= 4 is 22.9 Å². The van der Waals surface area contributed by atoms with Crippen LogP contribution in [0.15, 0.2) is 6.33 Å². The van der Waals surface area contributed by atoms with Gasteiger partial charge in [0.25, 0.3) is 0 Å². The van der Waals surface area contributed by atoms with E-state index in [-0.39, 0.29) is 5.60 Å². The topological polar surface area (TPSA) is 97.0 Å². The predicted octanol–water partition coefficient (Wildman–Crippen LogP) is 0.612. The Morgan fingerprint density at radius 3 is 3.10 bits per heavy atom. The maximum atomic E-state index is 5.60. The number of H-pyrrole nitrogens is 1. The summed E-state index contributed by atoms with van der Waals surface area (Å²) in [5, 5.41) is 6.24. The van der Waals surface area contributed by atoms with Crippen LogP contribution in [0, 0.1) is 0 Å². The standard InChI is InChI=1S/C12H18N6O2/c1-13-11-17-9(8-10(18-11)16-7-15-8)14-5-12(19-2)3-4-20-6-12/h7H,3-6H2,1-2H3,(H3,13,14,15,16,17,18). The number of nitrogens with zero attached hydrogens (tertiary/aromatic N) is 3. The largest absolute Gasteiger partial charge is 0.378 e. The van der Waals surface area contributed by atoms with E-state index in [0.29, 0.717) is 30.6 Å². The summed E-state index contributed by atoms with van der Waals surface area (Å²) in [6.45, 7) is 1.94. The number of aromatic amines is 1. The highest BCUT2D eigenvalue weighted by atomic mass is 16.5. The molecule has 2 aromatic rings. The van der Waals surface area contributed by atoms with E-state index in [2.05, 4.69) is 30.6 Å². The zero-order valence-electron chi connectivity index (χ0n) is 11.6. The summed E-state index contributed by atoms with van der Waals surface area (Å²) in [4.78, 5) is 15.9. The molecule has 0 aliphatic carbocycles. The Kier molecular flexibility index (Phi) is 3.41. The van der Waals surface area contributed by atoms with Gasteiger partial charge in [-0.25, -0.2) is 4.98 Å². The summed E-state index contributed by atoms with van der Waals surface area (Å²) < 4.78 is 11.0. The lowest BCUT2D eigenvalue weighted by molar-refractivity contribution is -0.00623. The SMILES string of the molecule is CNc1nc(NCC2(OC)CCOC2)c2[nH]cnc2n1. The van der Waals surface area contributed by atoms with Crippen LogP contribution in [0.4, 0.5) is 11.8 Å². The van der Waals surface area contributed by atoms with E-state index in [1.807, 2.05) is 0 Å². The maximum Gasteiger partial charge on any atom is 0.226 e. The number of ether oxygens (including phenoxy) is 2. The van der Waals surface area contributed by atoms with Crippen LogP contribution in [0.3, 0.4) is 0 Å². The molecule has 1 atom stereocenters. The molecular weight excluding hydrogens is 260 g/mol. The number of hydrogen-bond acceptors (Lipinski definition) is 7. The molecule has 3 heterocycles. The Hall–Kier alpha value is -1.93. The summed E-state index contributed by atoms with van der Waals surface area (Å²) in [6, 6.07) is 0. The van der Waals surface area contributed by atoms with Gasteiger partial charge < -0.3 is 25.1 Å². The molecule has 3 rings (SSSR count). The highest BCUT2D eigenvalue weighted by Crippen LogP contribution is 2.25. The molecule has 1 aliphatic rings. The van der Waals surface area contributed by atoms with E-state index in [1.165, 1.54) is 0 Å². The number of rotatable bonds is 5. The molecule has 0 spiro atoms. The lowest BCUT2D eigenvalue weighted by Gasteiger charge is -2.26. The first-order chi connectivity index (χ1) is 9.76. The van der Waals surface area contributed by atoms with Crippen molar-refractivity contribution in [2.45, 2.75) is 12.0 Å². The number of imidazole rings is 1. The molecule has 0 saturated carbocycles. The van der Waals surface area contributed by atoms with Crippen molar-refractivity contribution in [3.63, 3.8) is 0 Å². The van der Waals surface area contributed by atoms with E-state index in [4.69, 9.17) is 9.47 Å². The average molecular weight is 278 g/mol. The number of hydrogen-bond donors (Lipinski definition) is 3. The van der Waals surface area contributed by atoms with Crippen molar-refractivity contribution in [1.29, 1.82) is 0 Å². The maximum absolute atomic E-state index is 5.60. The smallest absolute Gasteiger partial charge is 0.226 e. The second-order valence-corrected chi connectivity index (χ2v) is 4.79. The summed E-state index contributed by atoms with van der Waals surface area (Å²) in [5.41, 5.74) is 1.12. The fourth-order valence-corrected chi connectivity index (χ4v) is 2.28. The molecule has 0 aromatic carbocycles. The minimum Gasteiger partial charge on any atom is -0.378 e. The molecule has 1 unspecified atom stereocenters. The Morgan fingerprint density at radius 2 is 2.40 bits per heavy atom. The average Bonchev–Trinajstić information content (AvgIpc) is 3.14. The molecule has 0 amide bonds. The van der Waals surface area contributed by atoms with Crippen molar-refractivity contribution in [3.05, 3.63) is 6.33 Å². The van der Waals surface area contributed by atoms with E-state index in [9.17, 15) is 0 Å². The molecule has 8 heteroatoms. The fraction of sp³-hybridized carbons (Fsp3) is 0.583. The molecule has 0 radical (unpaired) electrons. The van der Waals surface area contributed by atoms with Gasteiger partial charge in [-0.2, -0.15) is 9.97 Å². The van der Waals surface area contributed by atoms with Crippen LogP contribution < -0.4 is 10.6 Å². The second-order valence-electron chi connectivity index (χ2n) is 4.79. The van der Waals surface area contributed by atoms with Gasteiger partial charge in [-0.1, -0.05) is 0 Å². The first-order valence-electron chi connectivity index (χ1n) is 6.52. The third kappa shape index (κ3) is 2.27. The number of fused-ring (bicyclic) bond motifs is 1. The van der Waals surface area contributed by atoms with E-state index < -0.39 is 0 Å². The van der Waals surface area contributed by atoms with Crippen molar-refractivity contribution in [1.82, 2.24) is 19.9 Å². The van der Waals surface area contributed by atoms with Gasteiger partial charge in [-0.3, -0.25) is 0 Å². The van der Waals surface area contributed by atoms with Gasteiger partial charge in [-0.05, 0) is 0 Å². The molecular formula is C12H18N6O2. The normalized spacial score (nSPS) is 22.3. The Morgan fingerprint density at radius 1 is 1.50 bits per heavy atom. The van der Waals surface area contributed by atoms with Gasteiger partial charge in [-0.15, -0.1) is 0 Å². The fourth-order valence-electron chi connectivity index (χ4n) is 2.28. The van der Waals surface area contributed by atoms with Crippen molar-refractivity contribution in [2.75, 3.05) is 44.5 Å². The summed E-state index contributed by atoms with van der Waals surface area (Å²) in [6.07, 6.45) is 2.47. The molecule has 1 saturated heterocycles. The third-order valence-corrected chi connectivity index (χ3v) is 3.59. The lowest BCUT2D eigenvalue weighted by atomic mass is 10.0. The van der Waals surface area contributed by atoms with Crippen molar-refractivity contribution in [2.24, 2.45) is 0 Å². The van der Waals surface area contributed by atoms with Gasteiger partial charge >= 0.3 is 0 Å². The Balaban J connectivity index is 1.84. The van der Waals surface area contributed by atoms with Gasteiger partial charge in [0.15, 0.2) is 11.5 Å². The van der Waals surface area contributed by atoms with Crippen LogP contribution >= 0.6 is 0 Å². The van der Waals surface area contributed by atoms with Gasteiger partial charge in [0.2, 0.25) is 5.95 Å². The van der Waals surface area contributed by atoms with Crippen molar-refractivity contribution in [3.8, 4) is 0 Å². The molecule has 8 nitrogen and oxygen atoms in total. The summed E-state index contributed by atoms with van der Waals surface area (Å²) in [5.74, 6) is 1.24. The molecule has 2 aromatic heterocycles. The molecule has 0 bridgehead atoms. The van der Waals surface area contributed by atoms with Crippen LogP contribution in [-0.2, 0) is 9.47 Å². The third-order valence-electron chi connectivity index (χ3n) is 3.59. The van der Waals surface area contributed by atoms with E-state index in [1.54, 1.807) is 20.5 Å². The first-order valence-corrected chi connectivity index (χ1v) is 6.52. The number of methoxy groups -OCH3 is 1. The minimum absolute atomic E-state index is 0.295. The monoisotopic (exact) mass is 278 g/mol. The van der Waals surface area contributed by atoms with E-state index >= 15 is 0 Å². The molecule has 3 N–H and O–H groups in total. The Bertz CT molecular complexity index is 593. The zero-order valence-corrected chi connectivity index (χ0v) is 11.6. The minimum atomic E-state index is -0.295. The predicted molar refractivity (Wildman–Crippen MR) is 74.9 cm³/mol. The molecule has 1 aliphatic heterocycles. The van der Waals surface area contributed by atoms with Crippen LogP contribution in [0.25, 0.3) is 11.2 Å². The molecule has 20 heavy (non-hydrogen) atoms. The van der Waals surface area contributed by atoms with Crippen LogP contribution in [0.5, 0.6) is 0 Å². The lowest BCUT2D eigenvalue weighted by Crippen LogP contribution is -2.39. The Labute approximate surface area is 116 Å². The van der Waals surface area contributed by atoms with Crippen LogP contribution in [-0.4, -0.2) is 59.5 Å². The highest BCUT2D eigenvalue weighted by molar-refractivity contribution is 5.83. The highest BCUT2D eigenvalue weighted by Gasteiger charge is 2.35. The zero-order chi connectivity index (χ0) is 14.0. The van der Waals surface area contributed by atoms with Crippen molar-refractivity contribution < 1.29 is 9.47 Å². The summed E-state index contributed by atoms with van der Waals surface area (Å²) >= 11 is 0.